The van der Waals surface area contributed by atoms with Crippen molar-refractivity contribution in [2.45, 2.75) is 43.1 Å². The molecule has 0 aliphatic heterocycles. The Morgan fingerprint density at radius 1 is 1.27 bits per heavy atom. The summed E-state index contributed by atoms with van der Waals surface area (Å²) >= 11 is 1.83. The molecule has 1 aromatic rings. The molecule has 82 valence electrons. The van der Waals surface area contributed by atoms with Gasteiger partial charge in [0.1, 0.15) is 0 Å². The van der Waals surface area contributed by atoms with Crippen molar-refractivity contribution in [3.05, 3.63) is 29.8 Å². The second-order valence-electron chi connectivity index (χ2n) is 4.17. The Kier molecular flexibility index (Phi) is 3.37. The molecule has 0 heterocycles. The average molecular weight is 222 g/mol. The number of rotatable bonds is 3. The number of aliphatic hydroxyl groups is 1. The topological polar surface area (TPSA) is 20.2 Å². The minimum Gasteiger partial charge on any atom is -0.385 e. The van der Waals surface area contributed by atoms with Crippen LogP contribution in [0.3, 0.4) is 0 Å². The Morgan fingerprint density at radius 3 is 2.60 bits per heavy atom. The van der Waals surface area contributed by atoms with E-state index in [4.69, 9.17) is 0 Å². The first kappa shape index (κ1) is 11.0. The van der Waals surface area contributed by atoms with Gasteiger partial charge in [0.2, 0.25) is 0 Å². The maximum absolute atomic E-state index is 10.6. The van der Waals surface area contributed by atoms with Gasteiger partial charge >= 0.3 is 0 Å². The van der Waals surface area contributed by atoms with Crippen LogP contribution in [0, 0.1) is 0 Å². The molecule has 1 fully saturated rings. The summed E-state index contributed by atoms with van der Waals surface area (Å²) < 4.78 is 0. The highest BCUT2D eigenvalue weighted by Gasteiger charge is 2.34. The molecule has 1 nitrogen and oxygen atoms in total. The van der Waals surface area contributed by atoms with Crippen molar-refractivity contribution in [1.29, 1.82) is 0 Å². The molecule has 0 amide bonds. The standard InChI is InChI=1S/C13H18OS/c1-2-15-12-8-4-3-7-11(12)13(14)9-5-6-10-13/h3-4,7-8,14H,2,5-6,9-10H2,1H3. The van der Waals surface area contributed by atoms with Crippen molar-refractivity contribution in [2.24, 2.45) is 0 Å². The maximum atomic E-state index is 10.6. The molecule has 0 unspecified atom stereocenters. The van der Waals surface area contributed by atoms with Crippen LogP contribution in [0.2, 0.25) is 0 Å². The number of hydrogen-bond acceptors (Lipinski definition) is 2. The van der Waals surface area contributed by atoms with E-state index in [1.807, 2.05) is 17.8 Å². The van der Waals surface area contributed by atoms with Crippen molar-refractivity contribution in [3.8, 4) is 0 Å². The molecule has 0 spiro atoms. The molecular formula is C13H18OS. The van der Waals surface area contributed by atoms with Gasteiger partial charge in [-0.25, -0.2) is 0 Å². The summed E-state index contributed by atoms with van der Waals surface area (Å²) in [4.78, 5) is 1.25. The Morgan fingerprint density at radius 2 is 1.93 bits per heavy atom. The lowest BCUT2D eigenvalue weighted by atomic mass is 9.92. The summed E-state index contributed by atoms with van der Waals surface area (Å²) in [5, 5.41) is 10.6. The first-order chi connectivity index (χ1) is 7.26. The van der Waals surface area contributed by atoms with E-state index in [1.54, 1.807) is 0 Å². The van der Waals surface area contributed by atoms with E-state index in [-0.39, 0.29) is 0 Å². The Hall–Kier alpha value is -0.470. The van der Waals surface area contributed by atoms with E-state index >= 15 is 0 Å². The van der Waals surface area contributed by atoms with Gasteiger partial charge in [0.25, 0.3) is 0 Å². The molecule has 2 heteroatoms. The lowest BCUT2D eigenvalue weighted by Gasteiger charge is -2.25. The molecule has 1 N–H and O–H groups in total. The third-order valence-corrected chi connectivity index (χ3v) is 4.07. The van der Waals surface area contributed by atoms with Gasteiger partial charge in [-0.2, -0.15) is 0 Å². The van der Waals surface area contributed by atoms with Gasteiger partial charge in [0.05, 0.1) is 5.60 Å². The van der Waals surface area contributed by atoms with Crippen LogP contribution in [-0.4, -0.2) is 10.9 Å². The Balaban J connectivity index is 2.33. The smallest absolute Gasteiger partial charge is 0.0907 e. The quantitative estimate of drug-likeness (QED) is 0.789. The van der Waals surface area contributed by atoms with E-state index in [1.165, 1.54) is 4.90 Å². The van der Waals surface area contributed by atoms with Crippen molar-refractivity contribution < 1.29 is 5.11 Å². The van der Waals surface area contributed by atoms with Crippen LogP contribution in [0.25, 0.3) is 0 Å². The zero-order valence-corrected chi connectivity index (χ0v) is 10.0. The number of thioether (sulfide) groups is 1. The zero-order valence-electron chi connectivity index (χ0n) is 9.20. The second-order valence-corrected chi connectivity index (χ2v) is 5.47. The third kappa shape index (κ3) is 2.21. The highest BCUT2D eigenvalue weighted by molar-refractivity contribution is 7.99. The molecule has 1 aromatic carbocycles. The van der Waals surface area contributed by atoms with Crippen LogP contribution in [0.15, 0.2) is 29.2 Å². The van der Waals surface area contributed by atoms with Crippen molar-refractivity contribution >= 4 is 11.8 Å². The van der Waals surface area contributed by atoms with Gasteiger partial charge in [-0.1, -0.05) is 38.0 Å². The lowest BCUT2D eigenvalue weighted by molar-refractivity contribution is 0.0418. The molecule has 0 atom stereocenters. The van der Waals surface area contributed by atoms with Crippen LogP contribution < -0.4 is 0 Å². The van der Waals surface area contributed by atoms with Gasteiger partial charge in [-0.3, -0.25) is 0 Å². The number of hydrogen-bond donors (Lipinski definition) is 1. The second kappa shape index (κ2) is 4.58. The molecule has 0 aromatic heterocycles. The molecule has 0 saturated heterocycles. The summed E-state index contributed by atoms with van der Waals surface area (Å²) in [6.07, 6.45) is 4.16. The van der Waals surface area contributed by atoms with Crippen LogP contribution in [0.5, 0.6) is 0 Å². The fraction of sp³-hybridized carbons (Fsp3) is 0.538. The molecular weight excluding hydrogens is 204 g/mol. The van der Waals surface area contributed by atoms with Crippen LogP contribution in [0.4, 0.5) is 0 Å². The fourth-order valence-electron chi connectivity index (χ4n) is 2.36. The van der Waals surface area contributed by atoms with Gasteiger partial charge in [-0.05, 0) is 30.2 Å². The minimum absolute atomic E-state index is 0.543. The summed E-state index contributed by atoms with van der Waals surface area (Å²) in [5.41, 5.74) is 0.605. The van der Waals surface area contributed by atoms with Gasteiger partial charge in [0, 0.05) is 4.90 Å². The van der Waals surface area contributed by atoms with Crippen molar-refractivity contribution in [2.75, 3.05) is 5.75 Å². The molecule has 15 heavy (non-hydrogen) atoms. The lowest BCUT2D eigenvalue weighted by Crippen LogP contribution is -2.21. The molecule has 1 saturated carbocycles. The first-order valence-electron chi connectivity index (χ1n) is 5.71. The Labute approximate surface area is 95.9 Å². The maximum Gasteiger partial charge on any atom is 0.0907 e. The molecule has 0 bridgehead atoms. The largest absolute Gasteiger partial charge is 0.385 e. The van der Waals surface area contributed by atoms with E-state index in [0.29, 0.717) is 0 Å². The highest BCUT2D eigenvalue weighted by atomic mass is 32.2. The van der Waals surface area contributed by atoms with Crippen LogP contribution in [-0.2, 0) is 5.60 Å². The van der Waals surface area contributed by atoms with Crippen LogP contribution >= 0.6 is 11.8 Å². The minimum atomic E-state index is -0.543. The van der Waals surface area contributed by atoms with E-state index in [0.717, 1.165) is 37.0 Å². The molecule has 0 radical (unpaired) electrons. The van der Waals surface area contributed by atoms with E-state index in [9.17, 15) is 5.11 Å². The Bertz CT molecular complexity index is 329. The third-order valence-electron chi connectivity index (χ3n) is 3.12. The summed E-state index contributed by atoms with van der Waals surface area (Å²) in [5.74, 6) is 1.06. The predicted octanol–water partition coefficient (Wildman–Crippen LogP) is 3.56. The zero-order chi connectivity index (χ0) is 10.7. The van der Waals surface area contributed by atoms with E-state index < -0.39 is 5.60 Å². The average Bonchev–Trinajstić information content (AvgIpc) is 2.68. The monoisotopic (exact) mass is 222 g/mol. The first-order valence-corrected chi connectivity index (χ1v) is 6.69. The van der Waals surface area contributed by atoms with E-state index in [2.05, 4.69) is 25.1 Å². The highest BCUT2D eigenvalue weighted by Crippen LogP contribution is 2.42. The summed E-state index contributed by atoms with van der Waals surface area (Å²) in [6.45, 7) is 2.15. The van der Waals surface area contributed by atoms with Crippen LogP contribution in [0.1, 0.15) is 38.2 Å². The SMILES string of the molecule is CCSc1ccccc1C1(O)CCCC1. The molecule has 1 aliphatic carbocycles. The van der Waals surface area contributed by atoms with Crippen molar-refractivity contribution in [3.63, 3.8) is 0 Å². The van der Waals surface area contributed by atoms with Crippen molar-refractivity contribution in [1.82, 2.24) is 0 Å². The van der Waals surface area contributed by atoms with Gasteiger partial charge < -0.3 is 5.11 Å². The summed E-state index contributed by atoms with van der Waals surface area (Å²) in [6, 6.07) is 8.30. The summed E-state index contributed by atoms with van der Waals surface area (Å²) in [7, 11) is 0. The normalized spacial score (nSPS) is 19.3. The van der Waals surface area contributed by atoms with Gasteiger partial charge in [0.15, 0.2) is 0 Å². The molecule has 2 rings (SSSR count). The number of benzene rings is 1. The molecule has 1 aliphatic rings. The predicted molar refractivity (Wildman–Crippen MR) is 65.2 cm³/mol. The van der Waals surface area contributed by atoms with Gasteiger partial charge in [-0.15, -0.1) is 11.8 Å². The fourth-order valence-corrected chi connectivity index (χ4v) is 3.26.